The summed E-state index contributed by atoms with van der Waals surface area (Å²) in [5.74, 6) is 0. The predicted octanol–water partition coefficient (Wildman–Crippen LogP) is 3.09. The Balaban J connectivity index is 0.000000511. The summed E-state index contributed by atoms with van der Waals surface area (Å²) in [5, 5.41) is 0. The van der Waals surface area contributed by atoms with Gasteiger partial charge in [0.25, 0.3) is 18.9 Å². The van der Waals surface area contributed by atoms with Crippen molar-refractivity contribution in [1.82, 2.24) is 4.68 Å². The van der Waals surface area contributed by atoms with Crippen LogP contribution in [0, 0.1) is 13.8 Å². The Morgan fingerprint density at radius 1 is 1.00 bits per heavy atom. The molecule has 0 spiro atoms. The Morgan fingerprint density at radius 3 is 1.67 bits per heavy atom. The van der Waals surface area contributed by atoms with Crippen molar-refractivity contribution < 1.29 is 47.9 Å². The fourth-order valence-corrected chi connectivity index (χ4v) is 7.98. The lowest BCUT2D eigenvalue weighted by Gasteiger charge is -2.10. The maximum absolute atomic E-state index is 11.5. The van der Waals surface area contributed by atoms with Crippen LogP contribution in [0.5, 0.6) is 0 Å². The van der Waals surface area contributed by atoms with Crippen molar-refractivity contribution in [2.45, 2.75) is 51.2 Å². The van der Waals surface area contributed by atoms with E-state index in [9.17, 15) is 43.2 Å². The van der Waals surface area contributed by atoms with Crippen LogP contribution in [-0.2, 0) is 32.5 Å². The highest BCUT2D eigenvalue weighted by molar-refractivity contribution is 8.76. The summed E-state index contributed by atoms with van der Waals surface area (Å²) in [6.07, 6.45) is 2.53. The molecule has 0 aliphatic heterocycles. The topological polar surface area (TPSA) is 77.1 Å². The summed E-state index contributed by atoms with van der Waals surface area (Å²) in [6, 6.07) is 2.23. The molecule has 1 heterocycles. The van der Waals surface area contributed by atoms with E-state index in [1.807, 2.05) is 0 Å². The van der Waals surface area contributed by atoms with Gasteiger partial charge >= 0.3 is 11.0 Å². The minimum atomic E-state index is -6.32. The van der Waals surface area contributed by atoms with Crippen LogP contribution < -0.4 is 4.68 Å². The van der Waals surface area contributed by atoms with Gasteiger partial charge in [0, 0.05) is 13.0 Å². The fourth-order valence-electron chi connectivity index (χ4n) is 1.77. The lowest BCUT2D eigenvalue weighted by Crippen LogP contribution is -2.41. The molecule has 1 rings (SSSR count). The Hall–Kier alpha value is -0.880. The number of hydrogen-bond acceptors (Lipinski definition) is 4. The van der Waals surface area contributed by atoms with Crippen LogP contribution in [0.1, 0.15) is 31.2 Å². The summed E-state index contributed by atoms with van der Waals surface area (Å²) in [6.45, 7) is 4.37. The first kappa shape index (κ1) is 26.1. The van der Waals surface area contributed by atoms with Gasteiger partial charge in [-0.1, -0.05) is 13.3 Å². The Labute approximate surface area is 154 Å². The molecule has 160 valence electrons. The third-order valence-corrected chi connectivity index (χ3v) is 11.6. The van der Waals surface area contributed by atoms with Crippen molar-refractivity contribution in [2.24, 2.45) is 7.05 Å². The second kappa shape index (κ2) is 9.08. The van der Waals surface area contributed by atoms with Gasteiger partial charge in [-0.05, 0) is 13.3 Å². The molecule has 0 unspecified atom stereocenters. The van der Waals surface area contributed by atoms with Gasteiger partial charge in [0.15, 0.2) is 7.05 Å². The molecule has 0 aliphatic rings. The number of rotatable bonds is 5. The van der Waals surface area contributed by atoms with Crippen LogP contribution in [-0.4, -0.2) is 32.5 Å². The fraction of sp³-hybridized carbons (Fsp3) is 0.750. The van der Waals surface area contributed by atoms with Gasteiger partial charge < -0.3 is 0 Å². The molecule has 15 heteroatoms. The van der Waals surface area contributed by atoms with Crippen LogP contribution in [0.25, 0.3) is 0 Å². The van der Waals surface area contributed by atoms with E-state index in [0.29, 0.717) is 0 Å². The number of aryl methyl sites for hydroxylation is 2. The number of nitrogens with zero attached hydrogens (tertiary/aromatic N) is 2. The highest BCUT2D eigenvalue weighted by Gasteiger charge is 2.55. The highest BCUT2D eigenvalue weighted by atomic mass is 33.1. The molecular weight excluding hydrogens is 445 g/mol. The molecule has 0 aromatic carbocycles. The molecule has 0 amide bonds. The van der Waals surface area contributed by atoms with Crippen LogP contribution >= 0.6 is 6.98 Å². The van der Waals surface area contributed by atoms with E-state index in [-0.39, 0.29) is 0 Å². The maximum Gasteiger partial charge on any atom is 0.501 e. The first-order chi connectivity index (χ1) is 11.9. The SMILES string of the molecule is CCCCn1c(C)cc(C)[n+]1C.O=S(=O)(PS(=O)(=O)C(F)(F)F)C(F)(F)F. The number of halogens is 6. The van der Waals surface area contributed by atoms with E-state index in [0.717, 1.165) is 6.54 Å². The van der Waals surface area contributed by atoms with E-state index in [1.54, 1.807) is 0 Å². The molecule has 27 heavy (non-hydrogen) atoms. The first-order valence-electron chi connectivity index (χ1n) is 7.31. The molecule has 0 saturated heterocycles. The normalized spacial score (nSPS) is 13.3. The first-order valence-corrected chi connectivity index (χ1v) is 12.7. The van der Waals surface area contributed by atoms with Crippen molar-refractivity contribution >= 4 is 25.9 Å². The molecule has 0 fully saturated rings. The molecule has 6 nitrogen and oxygen atoms in total. The van der Waals surface area contributed by atoms with Crippen molar-refractivity contribution in [3.05, 3.63) is 17.5 Å². The highest BCUT2D eigenvalue weighted by Crippen LogP contribution is 2.46. The van der Waals surface area contributed by atoms with Crippen LogP contribution in [0.4, 0.5) is 26.3 Å². The second-order valence-corrected chi connectivity index (χ2v) is 13.7. The summed E-state index contributed by atoms with van der Waals surface area (Å²) in [5.41, 5.74) is -9.35. The van der Waals surface area contributed by atoms with E-state index in [1.165, 1.54) is 24.2 Å². The third kappa shape index (κ3) is 7.22. The van der Waals surface area contributed by atoms with Crippen LogP contribution in [0.3, 0.4) is 0 Å². The van der Waals surface area contributed by atoms with Gasteiger partial charge in [0.2, 0.25) is 5.69 Å². The average molecular weight is 465 g/mol. The van der Waals surface area contributed by atoms with Gasteiger partial charge in [-0.2, -0.15) is 31.0 Å². The van der Waals surface area contributed by atoms with Crippen molar-refractivity contribution in [3.8, 4) is 0 Å². The van der Waals surface area contributed by atoms with E-state index in [2.05, 4.69) is 43.2 Å². The molecular formula is C12H20F6N2O4PS2+. The smallest absolute Gasteiger partial charge is 0.215 e. The maximum atomic E-state index is 11.5. The van der Waals surface area contributed by atoms with E-state index >= 15 is 0 Å². The van der Waals surface area contributed by atoms with Crippen LogP contribution in [0.2, 0.25) is 0 Å². The minimum Gasteiger partial charge on any atom is -0.215 e. The van der Waals surface area contributed by atoms with Gasteiger partial charge in [-0.3, -0.25) is 0 Å². The molecule has 0 aliphatic carbocycles. The zero-order chi connectivity index (χ0) is 21.8. The molecule has 1 aromatic heterocycles. The van der Waals surface area contributed by atoms with Crippen molar-refractivity contribution in [1.29, 1.82) is 0 Å². The molecule has 0 atom stereocenters. The number of hydrogen-bond donors (Lipinski definition) is 0. The third-order valence-electron chi connectivity index (χ3n) is 3.25. The monoisotopic (exact) mass is 465 g/mol. The Kier molecular flexibility index (Phi) is 8.78. The summed E-state index contributed by atoms with van der Waals surface area (Å²) >= 11 is 0. The van der Waals surface area contributed by atoms with Gasteiger partial charge in [-0.25, -0.2) is 16.8 Å². The number of unbranched alkanes of at least 4 members (excludes halogenated alkanes) is 1. The quantitative estimate of drug-likeness (QED) is 0.381. The number of aromatic nitrogens is 2. The van der Waals surface area contributed by atoms with Crippen molar-refractivity contribution in [2.75, 3.05) is 0 Å². The van der Waals surface area contributed by atoms with E-state index < -0.39 is 36.9 Å². The Bertz CT molecular complexity index is 802. The largest absolute Gasteiger partial charge is 0.501 e. The average Bonchev–Trinajstić information content (AvgIpc) is 2.67. The van der Waals surface area contributed by atoms with Gasteiger partial charge in [0.05, 0.1) is 12.2 Å². The zero-order valence-electron chi connectivity index (χ0n) is 14.8. The molecule has 0 bridgehead atoms. The van der Waals surface area contributed by atoms with Crippen molar-refractivity contribution in [3.63, 3.8) is 0 Å². The molecule has 0 saturated carbocycles. The van der Waals surface area contributed by atoms with Gasteiger partial charge in [0.1, 0.15) is 6.98 Å². The summed E-state index contributed by atoms with van der Waals surface area (Å²) in [7, 11) is -10.5. The predicted molar refractivity (Wildman–Crippen MR) is 88.3 cm³/mol. The lowest BCUT2D eigenvalue weighted by molar-refractivity contribution is -0.759. The standard InChI is InChI=1S/C10H19N2.C2HF6O4PS2/c1-5-6-7-12-10(3)8-9(2)11(12)4;3-1(4,5)14(9,10)13-15(11,12)2(6,7)8/h8H,5-7H2,1-4H3;13H/q+1;. The van der Waals surface area contributed by atoms with Crippen LogP contribution in [0.15, 0.2) is 6.07 Å². The zero-order valence-corrected chi connectivity index (χ0v) is 17.4. The second-order valence-electron chi connectivity index (χ2n) is 5.41. The number of alkyl halides is 6. The molecule has 0 radical (unpaired) electrons. The summed E-state index contributed by atoms with van der Waals surface area (Å²) < 4.78 is 114. The van der Waals surface area contributed by atoms with E-state index in [4.69, 9.17) is 0 Å². The summed E-state index contributed by atoms with van der Waals surface area (Å²) in [4.78, 5) is 0. The Morgan fingerprint density at radius 2 is 1.41 bits per heavy atom. The van der Waals surface area contributed by atoms with Gasteiger partial charge in [-0.15, -0.1) is 4.68 Å². The molecule has 0 N–H and O–H groups in total. The lowest BCUT2D eigenvalue weighted by atomic mass is 10.3. The molecule has 1 aromatic rings. The minimum absolute atomic E-state index is 1.15.